The van der Waals surface area contributed by atoms with Gasteiger partial charge < -0.3 is 24.4 Å². The molecule has 0 aliphatic carbocycles. The van der Waals surface area contributed by atoms with Crippen molar-refractivity contribution >= 4 is 47.9 Å². The maximum absolute atomic E-state index is 11.6. The number of halogens is 1. The molecule has 1 heterocycles. The second-order valence-corrected chi connectivity index (χ2v) is 9.60. The number of ether oxygens (including phenoxy) is 3. The van der Waals surface area contributed by atoms with Gasteiger partial charge in [0, 0.05) is 40.5 Å². The van der Waals surface area contributed by atoms with E-state index in [1.165, 1.54) is 25.0 Å². The molecule has 3 rings (SSSR count). The number of hydrogen-bond acceptors (Lipinski definition) is 8. The normalized spacial score (nSPS) is 16.9. The largest absolute Gasteiger partial charge is 0.481 e. The van der Waals surface area contributed by atoms with Gasteiger partial charge in [-0.05, 0) is 53.6 Å². The number of hydrogen-bond donors (Lipinski definition) is 2. The Morgan fingerprint density at radius 3 is 1.98 bits per heavy atom. The van der Waals surface area contributed by atoms with Crippen molar-refractivity contribution in [3.8, 4) is 6.07 Å². The van der Waals surface area contributed by atoms with E-state index < -0.39 is 18.0 Å². The van der Waals surface area contributed by atoms with Crippen LogP contribution in [0.1, 0.15) is 86.9 Å². The maximum Gasteiger partial charge on any atom is 0.302 e. The molecule has 0 unspecified atom stereocenters. The summed E-state index contributed by atoms with van der Waals surface area (Å²) in [6.07, 6.45) is 1.51. The van der Waals surface area contributed by atoms with E-state index in [1.807, 2.05) is 13.0 Å². The Morgan fingerprint density at radius 2 is 1.50 bits per heavy atom. The molecule has 0 amide bonds. The zero-order chi connectivity index (χ0) is 31.1. The number of nitrogens with zero attached hydrogens (tertiary/aromatic N) is 1. The molecule has 3 atom stereocenters. The van der Waals surface area contributed by atoms with Crippen molar-refractivity contribution in [2.75, 3.05) is 6.61 Å². The highest BCUT2D eigenvalue weighted by atomic mass is 127. The predicted molar refractivity (Wildman–Crippen MR) is 166 cm³/mol. The van der Waals surface area contributed by atoms with Crippen molar-refractivity contribution in [3.05, 3.63) is 69.8 Å². The lowest BCUT2D eigenvalue weighted by Gasteiger charge is -2.35. The lowest BCUT2D eigenvalue weighted by molar-refractivity contribution is -0.169. The molecule has 10 nitrogen and oxygen atoms in total. The molecule has 42 heavy (non-hydrogen) atoms. The molecule has 230 valence electrons. The summed E-state index contributed by atoms with van der Waals surface area (Å²) in [5.41, 5.74) is 5.93. The first-order valence-corrected chi connectivity index (χ1v) is 13.2. The first kappa shape index (κ1) is 38.5. The Balaban J connectivity index is 0.00000166. The van der Waals surface area contributed by atoms with Crippen LogP contribution in [0.15, 0.2) is 36.4 Å². The molecule has 1 saturated heterocycles. The molecule has 0 saturated carbocycles. The molecule has 0 bridgehead atoms. The number of aliphatic carboxylic acids is 2. The second-order valence-electron chi connectivity index (χ2n) is 9.60. The van der Waals surface area contributed by atoms with E-state index in [0.29, 0.717) is 24.8 Å². The number of carbonyl (C=O) groups excluding carboxylic acids is 2. The van der Waals surface area contributed by atoms with E-state index in [2.05, 4.69) is 43.3 Å². The van der Waals surface area contributed by atoms with Gasteiger partial charge in [0.25, 0.3) is 11.9 Å². The summed E-state index contributed by atoms with van der Waals surface area (Å²) < 4.78 is 16.9. The molecule has 1 fully saturated rings. The average molecular weight is 698 g/mol. The molecule has 11 heteroatoms. The minimum Gasteiger partial charge on any atom is -0.481 e. The van der Waals surface area contributed by atoms with Gasteiger partial charge in [0.15, 0.2) is 0 Å². The molecule has 0 aromatic heterocycles. The number of rotatable bonds is 7. The number of benzene rings is 2. The van der Waals surface area contributed by atoms with Crippen LogP contribution >= 0.6 is 24.0 Å². The zero-order valence-corrected chi connectivity index (χ0v) is 27.2. The summed E-state index contributed by atoms with van der Waals surface area (Å²) in [5.74, 6) is -2.41. The average Bonchev–Trinajstić information content (AvgIpc) is 2.88. The van der Waals surface area contributed by atoms with Gasteiger partial charge in [0.2, 0.25) is 0 Å². The first-order valence-electron chi connectivity index (χ1n) is 13.2. The summed E-state index contributed by atoms with van der Waals surface area (Å²) in [7, 11) is 0. The molecule has 2 aromatic carbocycles. The van der Waals surface area contributed by atoms with Gasteiger partial charge in [0.1, 0.15) is 12.7 Å². The topological polar surface area (TPSA) is 160 Å². The fourth-order valence-electron chi connectivity index (χ4n) is 4.23. The fraction of sp³-hybridized carbons (Fsp3) is 0.452. The van der Waals surface area contributed by atoms with Crippen LogP contribution in [0.3, 0.4) is 0 Å². The Bertz CT molecular complexity index is 1220. The first-order chi connectivity index (χ1) is 19.2. The molecule has 2 aromatic rings. The van der Waals surface area contributed by atoms with Gasteiger partial charge in [-0.15, -0.1) is 24.0 Å². The second kappa shape index (κ2) is 19.6. The highest BCUT2D eigenvalue weighted by molar-refractivity contribution is 14.0. The number of carboxylic acid groups (broad SMARTS) is 2. The molecule has 2 N–H and O–H groups in total. The van der Waals surface area contributed by atoms with Gasteiger partial charge in [-0.1, -0.05) is 37.3 Å². The van der Waals surface area contributed by atoms with Crippen molar-refractivity contribution in [2.45, 2.75) is 85.5 Å². The SMILES string of the molecule is CC(=O)O.CC(=O)O.CCc1ccc(Cc2cc([C@H]3C[C@@H](OC(C)=O)C[C@@H](COC(C)=O)O3)cc(C#N)c2C)cc1.I. The number of carbonyl (C=O) groups is 4. The van der Waals surface area contributed by atoms with E-state index in [1.54, 1.807) is 0 Å². The molecular weight excluding hydrogens is 657 g/mol. The predicted octanol–water partition coefficient (Wildman–Crippen LogP) is 5.53. The van der Waals surface area contributed by atoms with Gasteiger partial charge in [-0.2, -0.15) is 5.26 Å². The van der Waals surface area contributed by atoms with E-state index in [-0.39, 0.29) is 54.7 Å². The number of aryl methyl sites for hydroxylation is 1. The molecular formula is C31H40INO9. The van der Waals surface area contributed by atoms with Crippen LogP contribution < -0.4 is 0 Å². The molecule has 0 spiro atoms. The number of carboxylic acids is 2. The zero-order valence-electron chi connectivity index (χ0n) is 24.8. The standard InChI is InChI=1S/C27H31NO5.2C2H4O2.HI/c1-5-20-6-8-21(9-7-20)10-22-11-23(12-24(15-28)17(22)2)27-14-25(32-19(4)30)13-26(33-27)16-31-18(3)29;2*1-2(3)4;/h6-9,11-12,25-27H,5,10,13-14,16H2,1-4H3;2*1H3,(H,3,4);1H/t25-,26-,27+;;;/m0.../s1. The highest BCUT2D eigenvalue weighted by Crippen LogP contribution is 2.35. The quantitative estimate of drug-likeness (QED) is 0.278. The van der Waals surface area contributed by atoms with Crippen LogP contribution in [0.5, 0.6) is 0 Å². The summed E-state index contributed by atoms with van der Waals surface area (Å²) in [5, 5.41) is 24.6. The van der Waals surface area contributed by atoms with E-state index in [0.717, 1.165) is 37.0 Å². The van der Waals surface area contributed by atoms with Crippen molar-refractivity contribution in [1.29, 1.82) is 5.26 Å². The van der Waals surface area contributed by atoms with E-state index >= 15 is 0 Å². The van der Waals surface area contributed by atoms with Crippen molar-refractivity contribution < 1.29 is 43.6 Å². The third-order valence-electron chi connectivity index (χ3n) is 6.02. The molecule has 1 aliphatic rings. The highest BCUT2D eigenvalue weighted by Gasteiger charge is 2.33. The fourth-order valence-corrected chi connectivity index (χ4v) is 4.23. The Labute approximate surface area is 264 Å². The molecule has 0 radical (unpaired) electrons. The van der Waals surface area contributed by atoms with E-state index in [9.17, 15) is 14.9 Å². The minimum atomic E-state index is -0.833. The van der Waals surface area contributed by atoms with Gasteiger partial charge >= 0.3 is 11.9 Å². The third-order valence-corrected chi connectivity index (χ3v) is 6.02. The van der Waals surface area contributed by atoms with Crippen LogP contribution in [0.25, 0.3) is 0 Å². The lowest BCUT2D eigenvalue weighted by Crippen LogP contribution is -2.37. The van der Waals surface area contributed by atoms with Crippen molar-refractivity contribution in [1.82, 2.24) is 0 Å². The minimum absolute atomic E-state index is 0. The van der Waals surface area contributed by atoms with Crippen LogP contribution in [0.2, 0.25) is 0 Å². The van der Waals surface area contributed by atoms with Crippen LogP contribution in [-0.4, -0.2) is 52.9 Å². The summed E-state index contributed by atoms with van der Waals surface area (Å²) >= 11 is 0. The van der Waals surface area contributed by atoms with Crippen LogP contribution in [-0.2, 0) is 46.2 Å². The third kappa shape index (κ3) is 14.9. The lowest BCUT2D eigenvalue weighted by atomic mass is 9.89. The van der Waals surface area contributed by atoms with Gasteiger partial charge in [-0.3, -0.25) is 19.2 Å². The van der Waals surface area contributed by atoms with Crippen LogP contribution in [0.4, 0.5) is 0 Å². The van der Waals surface area contributed by atoms with E-state index in [4.69, 9.17) is 34.0 Å². The Hall–Kier alpha value is -3.50. The Morgan fingerprint density at radius 1 is 0.952 bits per heavy atom. The smallest absolute Gasteiger partial charge is 0.302 e. The monoisotopic (exact) mass is 697 g/mol. The summed E-state index contributed by atoms with van der Waals surface area (Å²) in [6.45, 7) is 9.08. The number of esters is 2. The van der Waals surface area contributed by atoms with Gasteiger partial charge in [-0.25, -0.2) is 0 Å². The summed E-state index contributed by atoms with van der Waals surface area (Å²) in [6, 6.07) is 14.7. The van der Waals surface area contributed by atoms with Gasteiger partial charge in [0.05, 0.1) is 23.8 Å². The number of nitriles is 1. The molecule has 1 aliphatic heterocycles. The maximum atomic E-state index is 11.6. The summed E-state index contributed by atoms with van der Waals surface area (Å²) in [4.78, 5) is 40.9. The van der Waals surface area contributed by atoms with Crippen LogP contribution in [0, 0.1) is 18.3 Å². The van der Waals surface area contributed by atoms with Crippen molar-refractivity contribution in [3.63, 3.8) is 0 Å². The Kier molecular flexibility index (Phi) is 18.0. The van der Waals surface area contributed by atoms with Crippen molar-refractivity contribution in [2.24, 2.45) is 0 Å².